The zero-order valence-electron chi connectivity index (χ0n) is 12.4. The van der Waals surface area contributed by atoms with Gasteiger partial charge < -0.3 is 14.8 Å². The van der Waals surface area contributed by atoms with Crippen molar-refractivity contribution in [2.45, 2.75) is 26.3 Å². The van der Waals surface area contributed by atoms with Crippen molar-refractivity contribution in [2.75, 3.05) is 19.5 Å². The van der Waals surface area contributed by atoms with E-state index in [1.807, 2.05) is 0 Å². The number of carbonyl (C=O) groups is 1. The molecule has 0 aliphatic heterocycles. The number of benzene rings is 1. The van der Waals surface area contributed by atoms with Gasteiger partial charge in [-0.05, 0) is 30.5 Å². The summed E-state index contributed by atoms with van der Waals surface area (Å²) in [7, 11) is 3.13. The number of ether oxygens (including phenoxy) is 2. The van der Waals surface area contributed by atoms with E-state index in [1.54, 1.807) is 32.4 Å². The maximum absolute atomic E-state index is 12.4. The summed E-state index contributed by atoms with van der Waals surface area (Å²) in [5.74, 6) is 1.41. The molecule has 1 unspecified atom stereocenters. The predicted molar refractivity (Wildman–Crippen MR) is 84.0 cm³/mol. The first-order chi connectivity index (χ1) is 9.53. The van der Waals surface area contributed by atoms with E-state index >= 15 is 0 Å². The van der Waals surface area contributed by atoms with Gasteiger partial charge in [0.05, 0.1) is 19.8 Å². The van der Waals surface area contributed by atoms with Crippen molar-refractivity contribution in [1.82, 2.24) is 5.32 Å². The average molecular weight is 344 g/mol. The second-order valence-electron chi connectivity index (χ2n) is 4.87. The Labute approximate surface area is 129 Å². The van der Waals surface area contributed by atoms with Crippen LogP contribution < -0.4 is 14.8 Å². The highest BCUT2D eigenvalue weighted by Crippen LogP contribution is 2.24. The molecule has 1 rings (SSSR count). The van der Waals surface area contributed by atoms with Gasteiger partial charge in [-0.1, -0.05) is 29.8 Å². The SMILES string of the molecule is COc1ccc(OC)c(C(=O)NC(CCBr)C(C)C)c1. The molecule has 1 aromatic carbocycles. The Kier molecular flexibility index (Phi) is 6.85. The van der Waals surface area contributed by atoms with Crippen LogP contribution in [0.5, 0.6) is 11.5 Å². The molecule has 112 valence electrons. The summed E-state index contributed by atoms with van der Waals surface area (Å²) in [6, 6.07) is 5.33. The molecule has 0 fully saturated rings. The molecule has 0 saturated carbocycles. The molecule has 0 bridgehead atoms. The van der Waals surface area contributed by atoms with Crippen LogP contribution in [-0.2, 0) is 0 Å². The van der Waals surface area contributed by atoms with E-state index in [-0.39, 0.29) is 11.9 Å². The average Bonchev–Trinajstić information content (AvgIpc) is 2.45. The van der Waals surface area contributed by atoms with Crippen LogP contribution in [0, 0.1) is 5.92 Å². The summed E-state index contributed by atoms with van der Waals surface area (Å²) in [5, 5.41) is 3.91. The number of halogens is 1. The number of amides is 1. The van der Waals surface area contributed by atoms with Crippen LogP contribution in [0.1, 0.15) is 30.6 Å². The Morgan fingerprint density at radius 3 is 2.50 bits per heavy atom. The molecule has 0 radical (unpaired) electrons. The summed E-state index contributed by atoms with van der Waals surface area (Å²) in [6.45, 7) is 4.19. The van der Waals surface area contributed by atoms with Gasteiger partial charge in [-0.3, -0.25) is 4.79 Å². The van der Waals surface area contributed by atoms with Gasteiger partial charge in [0.1, 0.15) is 11.5 Å². The van der Waals surface area contributed by atoms with Gasteiger partial charge >= 0.3 is 0 Å². The lowest BCUT2D eigenvalue weighted by Gasteiger charge is -2.22. The number of hydrogen-bond donors (Lipinski definition) is 1. The maximum Gasteiger partial charge on any atom is 0.255 e. The van der Waals surface area contributed by atoms with Crippen LogP contribution in [0.3, 0.4) is 0 Å². The third-order valence-electron chi connectivity index (χ3n) is 3.19. The molecule has 0 aromatic heterocycles. The summed E-state index contributed by atoms with van der Waals surface area (Å²) >= 11 is 3.42. The Bertz CT molecular complexity index is 449. The number of alkyl halides is 1. The number of hydrogen-bond acceptors (Lipinski definition) is 3. The summed E-state index contributed by atoms with van der Waals surface area (Å²) < 4.78 is 10.4. The van der Waals surface area contributed by atoms with Crippen LogP contribution in [0.4, 0.5) is 0 Å². The fraction of sp³-hybridized carbons (Fsp3) is 0.533. The van der Waals surface area contributed by atoms with Crippen LogP contribution in [0.15, 0.2) is 18.2 Å². The van der Waals surface area contributed by atoms with Crippen molar-refractivity contribution < 1.29 is 14.3 Å². The third kappa shape index (κ3) is 4.40. The number of carbonyl (C=O) groups excluding carboxylic acids is 1. The molecule has 1 atom stereocenters. The van der Waals surface area contributed by atoms with Crippen molar-refractivity contribution in [2.24, 2.45) is 5.92 Å². The highest BCUT2D eigenvalue weighted by atomic mass is 79.9. The lowest BCUT2D eigenvalue weighted by atomic mass is 10.0. The van der Waals surface area contributed by atoms with Crippen LogP contribution >= 0.6 is 15.9 Å². The van der Waals surface area contributed by atoms with E-state index in [2.05, 4.69) is 35.1 Å². The lowest BCUT2D eigenvalue weighted by Crippen LogP contribution is -2.39. The molecule has 1 aromatic rings. The second-order valence-corrected chi connectivity index (χ2v) is 5.66. The first-order valence-electron chi connectivity index (χ1n) is 6.62. The fourth-order valence-corrected chi connectivity index (χ4v) is 2.42. The topological polar surface area (TPSA) is 47.6 Å². The summed E-state index contributed by atoms with van der Waals surface area (Å²) in [4.78, 5) is 12.4. The molecular weight excluding hydrogens is 322 g/mol. The summed E-state index contributed by atoms with van der Waals surface area (Å²) in [5.41, 5.74) is 0.493. The number of nitrogens with one attached hydrogen (secondary N) is 1. The van der Waals surface area contributed by atoms with Gasteiger partial charge in [0.25, 0.3) is 5.91 Å². The molecule has 20 heavy (non-hydrogen) atoms. The van der Waals surface area contributed by atoms with Crippen molar-refractivity contribution in [3.05, 3.63) is 23.8 Å². The Morgan fingerprint density at radius 2 is 2.00 bits per heavy atom. The standard InChI is InChI=1S/C15H22BrNO3/c1-10(2)13(7-8-16)17-15(18)12-9-11(19-3)5-6-14(12)20-4/h5-6,9-10,13H,7-8H2,1-4H3,(H,17,18). The van der Waals surface area contributed by atoms with Crippen molar-refractivity contribution in [3.8, 4) is 11.5 Å². The predicted octanol–water partition coefficient (Wildman–Crippen LogP) is 3.24. The highest BCUT2D eigenvalue weighted by Gasteiger charge is 2.19. The molecule has 0 aliphatic rings. The molecule has 0 spiro atoms. The van der Waals surface area contributed by atoms with E-state index in [4.69, 9.17) is 9.47 Å². The molecule has 1 N–H and O–H groups in total. The van der Waals surface area contributed by atoms with Crippen LogP contribution in [-0.4, -0.2) is 31.5 Å². The highest BCUT2D eigenvalue weighted by molar-refractivity contribution is 9.09. The van der Waals surface area contributed by atoms with Crippen LogP contribution in [0.25, 0.3) is 0 Å². The molecule has 0 heterocycles. The second kappa shape index (κ2) is 8.15. The van der Waals surface area contributed by atoms with Gasteiger partial charge in [0.15, 0.2) is 0 Å². The molecule has 5 heteroatoms. The van der Waals surface area contributed by atoms with E-state index in [9.17, 15) is 4.79 Å². The lowest BCUT2D eigenvalue weighted by molar-refractivity contribution is 0.0921. The molecule has 0 aliphatic carbocycles. The zero-order chi connectivity index (χ0) is 15.1. The van der Waals surface area contributed by atoms with Gasteiger partial charge in [-0.15, -0.1) is 0 Å². The summed E-state index contributed by atoms with van der Waals surface area (Å²) in [6.07, 6.45) is 0.885. The largest absolute Gasteiger partial charge is 0.497 e. The Morgan fingerprint density at radius 1 is 1.30 bits per heavy atom. The monoisotopic (exact) mass is 343 g/mol. The van der Waals surface area contributed by atoms with Crippen molar-refractivity contribution >= 4 is 21.8 Å². The minimum absolute atomic E-state index is 0.123. The van der Waals surface area contributed by atoms with Gasteiger partial charge in [0, 0.05) is 11.4 Å². The smallest absolute Gasteiger partial charge is 0.255 e. The maximum atomic E-state index is 12.4. The van der Waals surface area contributed by atoms with Gasteiger partial charge in [0.2, 0.25) is 0 Å². The third-order valence-corrected chi connectivity index (χ3v) is 3.65. The van der Waals surface area contributed by atoms with Crippen molar-refractivity contribution in [3.63, 3.8) is 0 Å². The minimum atomic E-state index is -0.139. The van der Waals surface area contributed by atoms with Crippen molar-refractivity contribution in [1.29, 1.82) is 0 Å². The first-order valence-corrected chi connectivity index (χ1v) is 7.74. The van der Waals surface area contributed by atoms with E-state index in [0.29, 0.717) is 23.0 Å². The number of methoxy groups -OCH3 is 2. The van der Waals surface area contributed by atoms with E-state index < -0.39 is 0 Å². The van der Waals surface area contributed by atoms with Crippen LogP contribution in [0.2, 0.25) is 0 Å². The van der Waals surface area contributed by atoms with Gasteiger partial charge in [-0.2, -0.15) is 0 Å². The Balaban J connectivity index is 2.95. The molecule has 1 amide bonds. The normalized spacial score (nSPS) is 12.1. The minimum Gasteiger partial charge on any atom is -0.497 e. The zero-order valence-corrected chi connectivity index (χ0v) is 14.0. The van der Waals surface area contributed by atoms with Gasteiger partial charge in [-0.25, -0.2) is 0 Å². The number of rotatable bonds is 7. The Hall–Kier alpha value is -1.23. The molecule has 4 nitrogen and oxygen atoms in total. The van der Waals surface area contributed by atoms with E-state index in [1.165, 1.54) is 0 Å². The molecule has 0 saturated heterocycles. The fourth-order valence-electron chi connectivity index (χ4n) is 1.93. The first kappa shape index (κ1) is 16.8. The molecular formula is C15H22BrNO3. The van der Waals surface area contributed by atoms with E-state index in [0.717, 1.165) is 11.8 Å². The quantitative estimate of drug-likeness (QED) is 0.773.